The van der Waals surface area contributed by atoms with Crippen molar-refractivity contribution in [1.29, 1.82) is 0 Å². The summed E-state index contributed by atoms with van der Waals surface area (Å²) in [6, 6.07) is 3.41. The molecule has 0 amide bonds. The third-order valence-corrected chi connectivity index (χ3v) is 8.01. The first-order chi connectivity index (χ1) is 13.2. The number of hydrogen-bond donors (Lipinski definition) is 4. The molecule has 0 bridgehead atoms. The van der Waals surface area contributed by atoms with Gasteiger partial charge in [-0.25, -0.2) is 28.1 Å². The van der Waals surface area contributed by atoms with Gasteiger partial charge in [-0.05, 0) is 31.9 Å². The molecular formula is C17H21N5O4S2. The first-order valence-corrected chi connectivity index (χ1v) is 12.1. The molecular weight excluding hydrogens is 402 g/mol. The highest BCUT2D eigenvalue weighted by molar-refractivity contribution is 8.24. The molecule has 0 spiro atoms. The van der Waals surface area contributed by atoms with Gasteiger partial charge in [0.05, 0.1) is 12.4 Å². The molecule has 1 aliphatic rings. The highest BCUT2D eigenvalue weighted by Gasteiger charge is 2.28. The van der Waals surface area contributed by atoms with Crippen LogP contribution in [-0.2, 0) is 10.0 Å². The van der Waals surface area contributed by atoms with Crippen LogP contribution < -0.4 is 4.72 Å². The summed E-state index contributed by atoms with van der Waals surface area (Å²) in [6.07, 6.45) is 5.00. The predicted octanol–water partition coefficient (Wildman–Crippen LogP) is 2.52. The van der Waals surface area contributed by atoms with Crippen molar-refractivity contribution in [3.8, 4) is 11.4 Å². The summed E-state index contributed by atoms with van der Waals surface area (Å²) >= 11 is 0. The number of fused-ring (bicyclic) bond motifs is 1. The Kier molecular flexibility index (Phi) is 4.88. The molecule has 0 aliphatic carbocycles. The molecule has 28 heavy (non-hydrogen) atoms. The summed E-state index contributed by atoms with van der Waals surface area (Å²) in [5.74, 6) is 0.838. The van der Waals surface area contributed by atoms with Crippen molar-refractivity contribution < 1.29 is 17.5 Å². The van der Waals surface area contributed by atoms with Crippen LogP contribution >= 0.6 is 10.6 Å². The first-order valence-electron chi connectivity index (χ1n) is 8.76. The second-order valence-corrected chi connectivity index (χ2v) is 11.1. The van der Waals surface area contributed by atoms with Crippen molar-refractivity contribution in [2.24, 2.45) is 0 Å². The van der Waals surface area contributed by atoms with Gasteiger partial charge < -0.3 is 4.98 Å². The number of rotatable bonds is 4. The summed E-state index contributed by atoms with van der Waals surface area (Å²) in [6.45, 7) is 1.93. The molecule has 1 fully saturated rings. The molecule has 0 unspecified atom stereocenters. The summed E-state index contributed by atoms with van der Waals surface area (Å²) in [5, 5.41) is 0.870. The zero-order valence-electron chi connectivity index (χ0n) is 15.2. The van der Waals surface area contributed by atoms with E-state index in [1.165, 1.54) is 12.4 Å². The molecule has 1 saturated heterocycles. The quantitative estimate of drug-likeness (QED) is 0.505. The Bertz CT molecular complexity index is 1100. The average molecular weight is 424 g/mol. The van der Waals surface area contributed by atoms with Crippen molar-refractivity contribution in [3.05, 3.63) is 36.4 Å². The number of aromatic nitrogens is 4. The van der Waals surface area contributed by atoms with E-state index in [1.807, 2.05) is 13.0 Å². The van der Waals surface area contributed by atoms with E-state index in [-0.39, 0.29) is 22.4 Å². The van der Waals surface area contributed by atoms with Crippen LogP contribution in [0, 0.1) is 6.92 Å². The van der Waals surface area contributed by atoms with Crippen molar-refractivity contribution in [1.82, 2.24) is 24.7 Å². The van der Waals surface area contributed by atoms with Crippen LogP contribution in [0.25, 0.3) is 22.4 Å². The molecule has 1 aliphatic heterocycles. The van der Waals surface area contributed by atoms with Gasteiger partial charge in [-0.1, -0.05) is 0 Å². The molecule has 0 aromatic carbocycles. The van der Waals surface area contributed by atoms with E-state index in [9.17, 15) is 17.5 Å². The molecule has 4 N–H and O–H groups in total. The van der Waals surface area contributed by atoms with Gasteiger partial charge in [0.15, 0.2) is 5.82 Å². The van der Waals surface area contributed by atoms with E-state index in [4.69, 9.17) is 0 Å². The normalized spacial score (nSPS) is 19.0. The monoisotopic (exact) mass is 423 g/mol. The van der Waals surface area contributed by atoms with Gasteiger partial charge in [0.1, 0.15) is 10.5 Å². The van der Waals surface area contributed by atoms with E-state index in [0.29, 0.717) is 18.7 Å². The highest BCUT2D eigenvalue weighted by atomic mass is 32.3. The minimum absolute atomic E-state index is 0.0241. The number of hydrogen-bond acceptors (Lipinski definition) is 7. The summed E-state index contributed by atoms with van der Waals surface area (Å²) < 4.78 is 47.1. The zero-order chi connectivity index (χ0) is 19.9. The third-order valence-electron chi connectivity index (χ3n) is 4.75. The Morgan fingerprint density at radius 2 is 1.86 bits per heavy atom. The average Bonchev–Trinajstić information content (AvgIpc) is 3.04. The number of pyridine rings is 1. The number of nitrogens with zero attached hydrogens (tertiary/aromatic N) is 3. The molecule has 3 aromatic rings. The van der Waals surface area contributed by atoms with Gasteiger partial charge >= 0.3 is 0 Å². The van der Waals surface area contributed by atoms with Crippen LogP contribution in [-0.4, -0.2) is 55.0 Å². The fraction of sp³-hybridized carbons (Fsp3) is 0.353. The van der Waals surface area contributed by atoms with Crippen LogP contribution in [0.15, 0.2) is 35.6 Å². The molecule has 150 valence electrons. The maximum absolute atomic E-state index is 12.6. The lowest BCUT2D eigenvalue weighted by Gasteiger charge is -2.39. The molecule has 4 heterocycles. The lowest BCUT2D eigenvalue weighted by atomic mass is 10.1. The van der Waals surface area contributed by atoms with Crippen LogP contribution in [0.1, 0.15) is 18.5 Å². The Balaban J connectivity index is 1.55. The summed E-state index contributed by atoms with van der Waals surface area (Å²) in [5.41, 5.74) is 2.45. The topological polar surface area (TPSA) is 141 Å². The molecule has 9 nitrogen and oxygen atoms in total. The van der Waals surface area contributed by atoms with Crippen LogP contribution in [0.2, 0.25) is 0 Å². The predicted molar refractivity (Wildman–Crippen MR) is 108 cm³/mol. The van der Waals surface area contributed by atoms with E-state index in [2.05, 4.69) is 24.7 Å². The minimum atomic E-state index is -3.78. The molecule has 3 aromatic heterocycles. The lowest BCUT2D eigenvalue weighted by molar-refractivity contribution is 0.444. The minimum Gasteiger partial charge on any atom is -0.344 e. The Morgan fingerprint density at radius 3 is 2.54 bits per heavy atom. The standard InChI is InChI=1S/C17H21N5O4S2/c1-11-8-15-14(2-5-18-17(15)21-11)16-19-9-13(10-20-16)28(25,26)22-12-3-6-27(23,24)7-4-12/h2,5,8-10,12,22-24H,3-4,6-7H2,1H3,(H,18,21). The van der Waals surface area contributed by atoms with Gasteiger partial charge in [0.25, 0.3) is 0 Å². The third kappa shape index (κ3) is 3.89. The van der Waals surface area contributed by atoms with Crippen LogP contribution in [0.3, 0.4) is 0 Å². The van der Waals surface area contributed by atoms with Gasteiger partial charge in [-0.15, -0.1) is 0 Å². The van der Waals surface area contributed by atoms with Gasteiger partial charge in [-0.3, -0.25) is 9.11 Å². The first kappa shape index (κ1) is 19.3. The van der Waals surface area contributed by atoms with Crippen molar-refractivity contribution in [3.63, 3.8) is 0 Å². The Labute approximate surface area is 164 Å². The maximum atomic E-state index is 12.6. The molecule has 4 rings (SSSR count). The zero-order valence-corrected chi connectivity index (χ0v) is 16.8. The lowest BCUT2D eigenvalue weighted by Crippen LogP contribution is -2.39. The largest absolute Gasteiger partial charge is 0.344 e. The van der Waals surface area contributed by atoms with Crippen molar-refractivity contribution >= 4 is 31.6 Å². The Morgan fingerprint density at radius 1 is 1.18 bits per heavy atom. The van der Waals surface area contributed by atoms with Crippen LogP contribution in [0.4, 0.5) is 0 Å². The second-order valence-electron chi connectivity index (χ2n) is 6.92. The molecule has 11 heteroatoms. The fourth-order valence-electron chi connectivity index (χ4n) is 3.26. The molecule has 0 radical (unpaired) electrons. The summed E-state index contributed by atoms with van der Waals surface area (Å²) in [4.78, 5) is 15.9. The van der Waals surface area contributed by atoms with E-state index >= 15 is 0 Å². The second kappa shape index (κ2) is 7.08. The summed E-state index contributed by atoms with van der Waals surface area (Å²) in [7, 11) is -6.34. The number of aromatic amines is 1. The van der Waals surface area contributed by atoms with Crippen molar-refractivity contribution in [2.75, 3.05) is 11.5 Å². The number of H-pyrrole nitrogens is 1. The highest BCUT2D eigenvalue weighted by Crippen LogP contribution is 2.44. The van der Waals surface area contributed by atoms with E-state index in [1.54, 1.807) is 12.3 Å². The van der Waals surface area contributed by atoms with E-state index in [0.717, 1.165) is 22.3 Å². The fourth-order valence-corrected chi connectivity index (χ4v) is 5.98. The van der Waals surface area contributed by atoms with E-state index < -0.39 is 20.6 Å². The number of sulfonamides is 1. The maximum Gasteiger partial charge on any atom is 0.243 e. The number of nitrogens with one attached hydrogen (secondary N) is 2. The molecule has 0 saturated carbocycles. The molecule has 0 atom stereocenters. The smallest absolute Gasteiger partial charge is 0.243 e. The Hall–Kier alpha value is -2.05. The van der Waals surface area contributed by atoms with Crippen LogP contribution in [0.5, 0.6) is 0 Å². The number of aryl methyl sites for hydroxylation is 1. The SMILES string of the molecule is Cc1cc2c(-c3ncc(S(=O)(=O)NC4CCS(O)(O)CC4)cn3)ccnc2[nH]1. The van der Waals surface area contributed by atoms with Crippen molar-refractivity contribution in [2.45, 2.75) is 30.7 Å². The van der Waals surface area contributed by atoms with Gasteiger partial charge in [0.2, 0.25) is 10.0 Å². The van der Waals surface area contributed by atoms with Gasteiger partial charge in [0, 0.05) is 40.4 Å². The van der Waals surface area contributed by atoms with Gasteiger partial charge in [-0.2, -0.15) is 10.6 Å².